The van der Waals surface area contributed by atoms with Crippen molar-refractivity contribution in [1.29, 1.82) is 0 Å². The van der Waals surface area contributed by atoms with Gasteiger partial charge in [-0.1, -0.05) is 0 Å². The van der Waals surface area contributed by atoms with Crippen LogP contribution >= 0.6 is 0 Å². The summed E-state index contributed by atoms with van der Waals surface area (Å²) in [7, 11) is 0. The number of guanidine groups is 1. The smallest absolute Gasteiger partial charge is 0.410 e. The number of ether oxygens (including phenoxy) is 1. The van der Waals surface area contributed by atoms with Crippen LogP contribution < -0.4 is 5.32 Å². The molecule has 0 aromatic carbocycles. The van der Waals surface area contributed by atoms with E-state index in [-0.39, 0.29) is 12.1 Å². The van der Waals surface area contributed by atoms with Crippen LogP contribution in [0, 0.1) is 5.92 Å². The Morgan fingerprint density at radius 2 is 1.96 bits per heavy atom. The van der Waals surface area contributed by atoms with Gasteiger partial charge in [-0.25, -0.2) is 4.79 Å². The van der Waals surface area contributed by atoms with Crippen LogP contribution in [0.15, 0.2) is 4.99 Å². The van der Waals surface area contributed by atoms with Gasteiger partial charge in [0.15, 0.2) is 5.96 Å². The SMILES string of the molecule is CC(C)(C)OC(=O)N1CCN2C(NCC3CCN(C4CC4)C3)=NCC2C1. The molecule has 1 aliphatic carbocycles. The number of hydrogen-bond donors (Lipinski definition) is 1. The standard InChI is InChI=1S/C19H33N5O2/c1-19(2,3)26-18(25)23-8-9-24-16(13-23)11-21-17(24)20-10-14-6-7-22(12-14)15-4-5-15/h14-16H,4-13H2,1-3H3,(H,20,21). The molecule has 1 amide bonds. The predicted octanol–water partition coefficient (Wildman–Crippen LogP) is 1.35. The number of rotatable bonds is 3. The molecule has 4 aliphatic rings. The Morgan fingerprint density at radius 1 is 1.15 bits per heavy atom. The van der Waals surface area contributed by atoms with Crippen molar-refractivity contribution >= 4 is 12.1 Å². The number of piperazine rings is 1. The van der Waals surface area contributed by atoms with Gasteiger partial charge in [0.05, 0.1) is 12.6 Å². The lowest BCUT2D eigenvalue weighted by molar-refractivity contribution is 0.0137. The molecular formula is C19H33N5O2. The fourth-order valence-electron chi connectivity index (χ4n) is 4.26. The maximum Gasteiger partial charge on any atom is 0.410 e. The molecule has 0 spiro atoms. The van der Waals surface area contributed by atoms with Crippen LogP contribution in [0.3, 0.4) is 0 Å². The second kappa shape index (κ2) is 6.91. The Bertz CT molecular complexity index is 569. The average Bonchev–Trinajstić information content (AvgIpc) is 3.18. The monoisotopic (exact) mass is 363 g/mol. The summed E-state index contributed by atoms with van der Waals surface area (Å²) in [5, 5.41) is 3.60. The van der Waals surface area contributed by atoms with Crippen molar-refractivity contribution in [1.82, 2.24) is 20.0 Å². The molecule has 0 radical (unpaired) electrons. The first-order chi connectivity index (χ1) is 12.4. The minimum atomic E-state index is -0.442. The molecule has 0 aromatic rings. The van der Waals surface area contributed by atoms with E-state index in [0.717, 1.165) is 37.6 Å². The zero-order valence-electron chi connectivity index (χ0n) is 16.4. The number of fused-ring (bicyclic) bond motifs is 1. The van der Waals surface area contributed by atoms with Crippen LogP contribution in [0.25, 0.3) is 0 Å². The Labute approximate surface area is 156 Å². The number of carbonyl (C=O) groups excluding carboxylic acids is 1. The zero-order chi connectivity index (χ0) is 18.3. The molecule has 7 heteroatoms. The molecule has 2 unspecified atom stereocenters. The second-order valence-electron chi connectivity index (χ2n) is 9.20. The number of aliphatic imine (C=N–C) groups is 1. The lowest BCUT2D eigenvalue weighted by Crippen LogP contribution is -2.57. The molecule has 146 valence electrons. The highest BCUT2D eigenvalue weighted by atomic mass is 16.6. The third-order valence-electron chi connectivity index (χ3n) is 5.79. The third-order valence-corrected chi connectivity index (χ3v) is 5.79. The molecule has 3 aliphatic heterocycles. The number of nitrogens with zero attached hydrogens (tertiary/aromatic N) is 4. The van der Waals surface area contributed by atoms with Gasteiger partial charge in [0.1, 0.15) is 5.60 Å². The van der Waals surface area contributed by atoms with E-state index in [4.69, 9.17) is 9.73 Å². The molecule has 4 rings (SSSR count). The maximum absolute atomic E-state index is 12.3. The molecule has 1 saturated carbocycles. The van der Waals surface area contributed by atoms with Crippen LogP contribution in [0.5, 0.6) is 0 Å². The summed E-state index contributed by atoms with van der Waals surface area (Å²) in [5.41, 5.74) is -0.442. The zero-order valence-corrected chi connectivity index (χ0v) is 16.4. The Hall–Kier alpha value is -1.50. The van der Waals surface area contributed by atoms with Crippen molar-refractivity contribution in [3.05, 3.63) is 0 Å². The topological polar surface area (TPSA) is 60.4 Å². The Balaban J connectivity index is 1.23. The van der Waals surface area contributed by atoms with Gasteiger partial charge in [0.2, 0.25) is 0 Å². The fraction of sp³-hybridized carbons (Fsp3) is 0.895. The molecular weight excluding hydrogens is 330 g/mol. The first kappa shape index (κ1) is 17.9. The van der Waals surface area contributed by atoms with E-state index in [0.29, 0.717) is 13.1 Å². The van der Waals surface area contributed by atoms with E-state index in [2.05, 4.69) is 15.1 Å². The summed E-state index contributed by atoms with van der Waals surface area (Å²) in [6.07, 6.45) is 3.89. The predicted molar refractivity (Wildman–Crippen MR) is 101 cm³/mol. The molecule has 3 heterocycles. The summed E-state index contributed by atoms with van der Waals surface area (Å²) >= 11 is 0. The van der Waals surface area contributed by atoms with Crippen LogP contribution in [0.4, 0.5) is 4.79 Å². The van der Waals surface area contributed by atoms with E-state index in [1.54, 1.807) is 0 Å². The van der Waals surface area contributed by atoms with Crippen molar-refractivity contribution in [3.63, 3.8) is 0 Å². The molecule has 3 fully saturated rings. The highest BCUT2D eigenvalue weighted by Crippen LogP contribution is 2.31. The second-order valence-corrected chi connectivity index (χ2v) is 9.20. The van der Waals surface area contributed by atoms with E-state index < -0.39 is 5.60 Å². The first-order valence-corrected chi connectivity index (χ1v) is 10.2. The van der Waals surface area contributed by atoms with Gasteiger partial charge >= 0.3 is 6.09 Å². The minimum Gasteiger partial charge on any atom is -0.444 e. The van der Waals surface area contributed by atoms with Gasteiger partial charge in [-0.15, -0.1) is 0 Å². The van der Waals surface area contributed by atoms with E-state index >= 15 is 0 Å². The van der Waals surface area contributed by atoms with Crippen LogP contribution in [-0.2, 0) is 4.74 Å². The molecule has 0 bridgehead atoms. The van der Waals surface area contributed by atoms with Crippen molar-refractivity contribution in [2.24, 2.45) is 10.9 Å². The first-order valence-electron chi connectivity index (χ1n) is 10.2. The molecule has 26 heavy (non-hydrogen) atoms. The van der Waals surface area contributed by atoms with Crippen molar-refractivity contribution in [2.45, 2.75) is 57.7 Å². The summed E-state index contributed by atoms with van der Waals surface area (Å²) in [6.45, 7) is 12.2. The molecule has 7 nitrogen and oxygen atoms in total. The summed E-state index contributed by atoms with van der Waals surface area (Å²) in [4.78, 5) is 23.8. The van der Waals surface area contributed by atoms with Gasteiger partial charge in [-0.05, 0) is 52.5 Å². The number of likely N-dealkylation sites (tertiary alicyclic amines) is 1. The largest absolute Gasteiger partial charge is 0.444 e. The lowest BCUT2D eigenvalue weighted by atomic mass is 10.1. The minimum absolute atomic E-state index is 0.204. The van der Waals surface area contributed by atoms with E-state index in [1.807, 2.05) is 25.7 Å². The number of amides is 1. The van der Waals surface area contributed by atoms with Crippen molar-refractivity contribution < 1.29 is 9.53 Å². The van der Waals surface area contributed by atoms with Gasteiger partial charge in [-0.2, -0.15) is 0 Å². The average molecular weight is 364 g/mol. The number of hydrogen-bond acceptors (Lipinski definition) is 6. The highest BCUT2D eigenvalue weighted by Gasteiger charge is 2.37. The van der Waals surface area contributed by atoms with Crippen LogP contribution in [0.2, 0.25) is 0 Å². The number of nitrogens with one attached hydrogen (secondary N) is 1. The Morgan fingerprint density at radius 3 is 2.69 bits per heavy atom. The van der Waals surface area contributed by atoms with E-state index in [9.17, 15) is 4.79 Å². The molecule has 2 saturated heterocycles. The molecule has 1 N–H and O–H groups in total. The molecule has 2 atom stereocenters. The van der Waals surface area contributed by atoms with E-state index in [1.165, 1.54) is 32.4 Å². The van der Waals surface area contributed by atoms with Crippen LogP contribution in [0.1, 0.15) is 40.0 Å². The van der Waals surface area contributed by atoms with Gasteiger partial charge < -0.3 is 24.8 Å². The van der Waals surface area contributed by atoms with Gasteiger partial charge in [0.25, 0.3) is 0 Å². The molecule has 0 aromatic heterocycles. The third kappa shape index (κ3) is 4.08. The van der Waals surface area contributed by atoms with Gasteiger partial charge in [-0.3, -0.25) is 4.99 Å². The summed E-state index contributed by atoms with van der Waals surface area (Å²) in [5.74, 6) is 1.77. The van der Waals surface area contributed by atoms with Crippen molar-refractivity contribution in [3.8, 4) is 0 Å². The highest BCUT2D eigenvalue weighted by molar-refractivity contribution is 5.82. The Kier molecular flexibility index (Phi) is 4.75. The quantitative estimate of drug-likeness (QED) is 0.820. The normalized spacial score (nSPS) is 29.6. The maximum atomic E-state index is 12.3. The summed E-state index contributed by atoms with van der Waals surface area (Å²) in [6, 6.07) is 1.17. The number of carbonyl (C=O) groups is 1. The fourth-order valence-corrected chi connectivity index (χ4v) is 4.26. The summed E-state index contributed by atoms with van der Waals surface area (Å²) < 4.78 is 5.51. The lowest BCUT2D eigenvalue weighted by Gasteiger charge is -2.39. The van der Waals surface area contributed by atoms with Crippen LogP contribution in [-0.4, -0.2) is 90.3 Å². The van der Waals surface area contributed by atoms with Gasteiger partial charge in [0, 0.05) is 38.8 Å². The van der Waals surface area contributed by atoms with Crippen molar-refractivity contribution in [2.75, 3.05) is 45.8 Å².